The zero-order valence-corrected chi connectivity index (χ0v) is 37.3. The molecule has 0 heterocycles. The van der Waals surface area contributed by atoms with E-state index in [-0.39, 0.29) is 14.9 Å². The van der Waals surface area contributed by atoms with Gasteiger partial charge in [-0.2, -0.15) is 0 Å². The predicted molar refractivity (Wildman–Crippen MR) is 228 cm³/mol. The molecule has 0 fully saturated rings. The van der Waals surface area contributed by atoms with Gasteiger partial charge in [0.05, 0.1) is 40.0 Å². The Labute approximate surface area is 317 Å². The molecule has 0 aromatic rings. The highest BCUT2D eigenvalue weighted by Crippen LogP contribution is 1.98. The molecule has 1 N–H and O–H groups in total. The lowest BCUT2D eigenvalue weighted by Gasteiger charge is -2.35. The zero-order valence-electron chi connectivity index (χ0n) is 37.3. The highest BCUT2D eigenvalue weighted by atomic mass is 15.6. The van der Waals surface area contributed by atoms with Gasteiger partial charge in [-0.3, -0.25) is 58.8 Å². The molecule has 0 saturated heterocycles. The first-order valence-electron chi connectivity index (χ1n) is 16.6. The molecule has 0 atom stereocenters. The van der Waals surface area contributed by atoms with Crippen molar-refractivity contribution < 1.29 is 0 Å². The van der Waals surface area contributed by atoms with Gasteiger partial charge in [-0.1, -0.05) is 14.9 Å². The van der Waals surface area contributed by atoms with Crippen molar-refractivity contribution in [2.45, 2.75) is 21.1 Å². The van der Waals surface area contributed by atoms with Crippen molar-refractivity contribution in [1.29, 1.82) is 0 Å². The van der Waals surface area contributed by atoms with E-state index in [4.69, 9.17) is 0 Å². The SMILES string of the molecule is C.C.CN(C)C.CN(C)C(N(C)C)N(C)C.CN(C)CN(C)C.CN(C)CN(C)CN(C)CN(C)C.CN(C)CNN(CN(C)C)CN(C)C. The molecular weight excluding hydrogens is 630 g/mol. The normalized spacial score (nSPS) is 11.5. The molecular formula is C35H99N15. The lowest BCUT2D eigenvalue weighted by atomic mass is 10.6. The van der Waals surface area contributed by atoms with Crippen LogP contribution in [0.5, 0.6) is 0 Å². The molecule has 15 heteroatoms. The van der Waals surface area contributed by atoms with Gasteiger partial charge in [-0.25, -0.2) is 10.4 Å². The molecule has 0 aromatic carbocycles. The van der Waals surface area contributed by atoms with Gasteiger partial charge in [0.15, 0.2) is 0 Å². The van der Waals surface area contributed by atoms with Crippen molar-refractivity contribution in [3.63, 3.8) is 0 Å². The molecule has 0 amide bonds. The van der Waals surface area contributed by atoms with Crippen LogP contribution in [0.3, 0.4) is 0 Å². The molecule has 0 rings (SSSR count). The molecule has 0 aliphatic heterocycles. The summed E-state index contributed by atoms with van der Waals surface area (Å²) in [6, 6.07) is 0. The number of hydrogen-bond acceptors (Lipinski definition) is 15. The summed E-state index contributed by atoms with van der Waals surface area (Å²) in [4.78, 5) is 28.1. The van der Waals surface area contributed by atoms with Gasteiger partial charge < -0.3 is 4.90 Å². The summed E-state index contributed by atoms with van der Waals surface area (Å²) in [5, 5.41) is 2.18. The quantitative estimate of drug-likeness (QED) is 0.159. The number of nitrogens with zero attached hydrogens (tertiary/aromatic N) is 14. The van der Waals surface area contributed by atoms with E-state index in [1.807, 2.05) is 26.0 Å². The van der Waals surface area contributed by atoms with E-state index < -0.39 is 0 Å². The van der Waals surface area contributed by atoms with Crippen LogP contribution in [0.4, 0.5) is 0 Å². The summed E-state index contributed by atoms with van der Waals surface area (Å²) in [7, 11) is 51.7. The van der Waals surface area contributed by atoms with Gasteiger partial charge in [0.25, 0.3) is 0 Å². The number of hydrogen-bond donors (Lipinski definition) is 1. The van der Waals surface area contributed by atoms with Crippen LogP contribution in [0.1, 0.15) is 14.9 Å². The molecule has 50 heavy (non-hydrogen) atoms. The van der Waals surface area contributed by atoms with E-state index in [0.29, 0.717) is 6.29 Å². The predicted octanol–water partition coefficient (Wildman–Crippen LogP) is 0.668. The maximum atomic E-state index is 3.36. The van der Waals surface area contributed by atoms with Crippen LogP contribution in [0.15, 0.2) is 0 Å². The fourth-order valence-electron chi connectivity index (χ4n) is 4.49. The van der Waals surface area contributed by atoms with Crippen molar-refractivity contribution in [3.05, 3.63) is 0 Å². The standard InChI is InChI=1S/C9H25N5.C9H24N4.C7H19N3.C5H14N2.C3H9N.2CH4/c1-11(2)7-10-14(8-12(3)4)9-13(5)6;1-10(2)7-12(5)9-13(6)8-11(3)4;1-8(2)7(9(3)4)10(5)6;1-6(2)5-7(3)4;1-4(2)3;;/h10H,7-9H2,1-6H3;7-9H2,1-6H3;7H,1-6H3;5H2,1-4H3;1-3H3;2*1H4. The minimum absolute atomic E-state index is 0. The highest BCUT2D eigenvalue weighted by Gasteiger charge is 2.14. The van der Waals surface area contributed by atoms with Crippen LogP contribution in [-0.4, -0.2) is 298 Å². The van der Waals surface area contributed by atoms with Crippen molar-refractivity contribution >= 4 is 0 Å². The second-order valence-corrected chi connectivity index (χ2v) is 15.6. The second kappa shape index (κ2) is 39.6. The number of nitrogens with one attached hydrogen (secondary N) is 1. The number of hydrazine groups is 1. The molecule has 314 valence electrons. The Hall–Kier alpha value is -0.600. The summed E-state index contributed by atoms with van der Waals surface area (Å²) in [6.07, 6.45) is 0.389. The van der Waals surface area contributed by atoms with Crippen LogP contribution in [-0.2, 0) is 0 Å². The van der Waals surface area contributed by atoms with Crippen LogP contribution < -0.4 is 5.43 Å². The van der Waals surface area contributed by atoms with Crippen LogP contribution >= 0.6 is 0 Å². The second-order valence-electron chi connectivity index (χ2n) is 15.6. The van der Waals surface area contributed by atoms with E-state index >= 15 is 0 Å². The molecule has 0 saturated carbocycles. The van der Waals surface area contributed by atoms with E-state index in [2.05, 4.69) is 224 Å². The average Bonchev–Trinajstić information content (AvgIpc) is 2.79. The maximum Gasteiger partial charge on any atom is 0.118 e. The minimum atomic E-state index is 0. The lowest BCUT2D eigenvalue weighted by Crippen LogP contribution is -2.50. The first-order valence-corrected chi connectivity index (χ1v) is 16.6. The molecule has 0 aliphatic carbocycles. The third-order valence-electron chi connectivity index (χ3n) is 5.00. The van der Waals surface area contributed by atoms with Gasteiger partial charge in [-0.15, -0.1) is 0 Å². The first-order chi connectivity index (χ1) is 21.6. The maximum absolute atomic E-state index is 3.36. The number of rotatable bonds is 18. The monoisotopic (exact) mass is 730 g/mol. The van der Waals surface area contributed by atoms with Gasteiger partial charge in [0.2, 0.25) is 0 Å². The zero-order chi connectivity index (χ0) is 39.3. The van der Waals surface area contributed by atoms with Crippen LogP contribution in [0.25, 0.3) is 0 Å². The lowest BCUT2D eigenvalue weighted by molar-refractivity contribution is 0.00961. The average molecular weight is 730 g/mol. The van der Waals surface area contributed by atoms with Gasteiger partial charge in [-0.05, 0) is 176 Å². The van der Waals surface area contributed by atoms with Crippen LogP contribution in [0.2, 0.25) is 0 Å². The highest BCUT2D eigenvalue weighted by molar-refractivity contribution is 4.58. The third kappa shape index (κ3) is 62.5. The van der Waals surface area contributed by atoms with E-state index in [9.17, 15) is 0 Å². The van der Waals surface area contributed by atoms with Crippen molar-refractivity contribution in [2.24, 2.45) is 0 Å². The van der Waals surface area contributed by atoms with Crippen molar-refractivity contribution in [2.75, 3.05) is 223 Å². The molecule has 0 aromatic heterocycles. The van der Waals surface area contributed by atoms with Crippen LogP contribution in [0, 0.1) is 0 Å². The Balaban J connectivity index is -0.0000000959. The van der Waals surface area contributed by atoms with Crippen molar-refractivity contribution in [3.8, 4) is 0 Å². The summed E-state index contributed by atoms with van der Waals surface area (Å²) in [5.41, 5.74) is 3.36. The van der Waals surface area contributed by atoms with E-state index in [1.165, 1.54) is 0 Å². The molecule has 15 nitrogen and oxygen atoms in total. The van der Waals surface area contributed by atoms with E-state index in [1.54, 1.807) is 0 Å². The summed E-state index contributed by atoms with van der Waals surface area (Å²) in [5.74, 6) is 0. The van der Waals surface area contributed by atoms with E-state index in [0.717, 1.165) is 46.7 Å². The fraction of sp³-hybridized carbons (Fsp3) is 1.00. The minimum Gasteiger partial charge on any atom is -0.312 e. The van der Waals surface area contributed by atoms with Gasteiger partial charge in [0.1, 0.15) is 6.29 Å². The first kappa shape index (κ1) is 64.4. The third-order valence-corrected chi connectivity index (χ3v) is 5.00. The molecule has 0 unspecified atom stereocenters. The largest absolute Gasteiger partial charge is 0.312 e. The molecule has 0 bridgehead atoms. The Morgan fingerprint density at radius 2 is 0.560 bits per heavy atom. The Kier molecular flexibility index (Phi) is 51.0. The fourth-order valence-corrected chi connectivity index (χ4v) is 4.49. The molecule has 0 aliphatic rings. The summed E-state index contributed by atoms with van der Waals surface area (Å²) >= 11 is 0. The van der Waals surface area contributed by atoms with Gasteiger partial charge >= 0.3 is 0 Å². The van der Waals surface area contributed by atoms with Crippen molar-refractivity contribution in [1.82, 2.24) is 74.1 Å². The Bertz CT molecular complexity index is 577. The Morgan fingerprint density at radius 1 is 0.320 bits per heavy atom. The Morgan fingerprint density at radius 3 is 0.700 bits per heavy atom. The summed E-state index contributed by atoms with van der Waals surface area (Å²) < 4.78 is 0. The molecule has 0 spiro atoms. The summed E-state index contributed by atoms with van der Waals surface area (Å²) in [6.45, 7) is 6.70. The smallest absolute Gasteiger partial charge is 0.118 e. The molecule has 0 radical (unpaired) electrons. The van der Waals surface area contributed by atoms with Gasteiger partial charge in [0, 0.05) is 6.67 Å². The topological polar surface area (TPSA) is 57.4 Å².